The predicted molar refractivity (Wildman–Crippen MR) is 131 cm³/mol. The number of para-hydroxylation sites is 1. The van der Waals surface area contributed by atoms with Crippen LogP contribution in [0.4, 0.5) is 0 Å². The third kappa shape index (κ3) is 5.21. The number of halogens is 1. The number of hydrogen-bond acceptors (Lipinski definition) is 3. The van der Waals surface area contributed by atoms with E-state index in [9.17, 15) is 0 Å². The van der Waals surface area contributed by atoms with Gasteiger partial charge in [-0.2, -0.15) is 0 Å². The van der Waals surface area contributed by atoms with Gasteiger partial charge in [-0.05, 0) is 24.1 Å². The highest BCUT2D eigenvalue weighted by Crippen LogP contribution is 2.24. The molecule has 0 radical (unpaired) electrons. The minimum Gasteiger partial charge on any atom is -0.459 e. The van der Waals surface area contributed by atoms with Gasteiger partial charge in [0.1, 0.15) is 11.3 Å². The van der Waals surface area contributed by atoms with Gasteiger partial charge in [-0.15, -0.1) is 24.0 Å². The van der Waals surface area contributed by atoms with Gasteiger partial charge in [-0.1, -0.05) is 42.5 Å². The standard InChI is InChI=1S/C23H25N5O.HI/c1-17-20-8-3-4-9-21(20)29-22(17)14-27-23(24-2)26-13-18-6-5-7-19(12-18)15-28-11-10-25-16-28;/h3-12,16H,13-15H2,1-2H3,(H2,24,26,27);1H. The SMILES string of the molecule is CN=C(NCc1cccc(Cn2ccnc2)c1)NCc1oc2ccccc2c1C.I. The van der Waals surface area contributed by atoms with E-state index in [4.69, 9.17) is 4.42 Å². The van der Waals surface area contributed by atoms with Crippen LogP contribution in [0, 0.1) is 6.92 Å². The van der Waals surface area contributed by atoms with Crippen LogP contribution in [-0.2, 0) is 19.6 Å². The van der Waals surface area contributed by atoms with Crippen LogP contribution in [0.3, 0.4) is 0 Å². The van der Waals surface area contributed by atoms with E-state index in [1.54, 1.807) is 13.2 Å². The van der Waals surface area contributed by atoms with Gasteiger partial charge in [0.05, 0.1) is 12.9 Å². The third-order valence-electron chi connectivity index (χ3n) is 4.96. The number of furan rings is 1. The second-order valence-electron chi connectivity index (χ2n) is 6.98. The van der Waals surface area contributed by atoms with Crippen molar-refractivity contribution < 1.29 is 4.42 Å². The quantitative estimate of drug-likeness (QED) is 0.226. The number of benzene rings is 2. The first-order valence-corrected chi connectivity index (χ1v) is 9.68. The molecule has 6 nitrogen and oxygen atoms in total. The summed E-state index contributed by atoms with van der Waals surface area (Å²) >= 11 is 0. The lowest BCUT2D eigenvalue weighted by molar-refractivity contribution is 0.534. The number of guanidine groups is 1. The van der Waals surface area contributed by atoms with Gasteiger partial charge in [-0.25, -0.2) is 4.98 Å². The highest BCUT2D eigenvalue weighted by molar-refractivity contribution is 14.0. The highest BCUT2D eigenvalue weighted by Gasteiger charge is 2.10. The number of fused-ring (bicyclic) bond motifs is 1. The smallest absolute Gasteiger partial charge is 0.191 e. The molecule has 0 aliphatic carbocycles. The molecule has 0 amide bonds. The molecule has 0 fully saturated rings. The summed E-state index contributed by atoms with van der Waals surface area (Å²) in [7, 11) is 1.77. The van der Waals surface area contributed by atoms with E-state index in [1.807, 2.05) is 30.7 Å². The zero-order valence-electron chi connectivity index (χ0n) is 17.1. The van der Waals surface area contributed by atoms with Gasteiger partial charge in [0, 0.05) is 43.5 Å². The van der Waals surface area contributed by atoms with Crippen molar-refractivity contribution in [2.75, 3.05) is 7.05 Å². The molecular weight excluding hydrogens is 489 g/mol. The first kappa shape index (κ1) is 21.9. The predicted octanol–water partition coefficient (Wildman–Crippen LogP) is 4.47. The molecule has 0 aliphatic rings. The first-order chi connectivity index (χ1) is 14.2. The Labute approximate surface area is 193 Å². The molecule has 4 aromatic rings. The number of nitrogens with zero attached hydrogens (tertiary/aromatic N) is 3. The number of rotatable bonds is 6. The van der Waals surface area contributed by atoms with Crippen LogP contribution < -0.4 is 10.6 Å². The molecule has 156 valence electrons. The average molecular weight is 515 g/mol. The maximum Gasteiger partial charge on any atom is 0.191 e. The fourth-order valence-electron chi connectivity index (χ4n) is 3.39. The normalized spacial score (nSPS) is 11.3. The molecule has 0 atom stereocenters. The minimum absolute atomic E-state index is 0. The summed E-state index contributed by atoms with van der Waals surface area (Å²) in [6, 6.07) is 16.6. The van der Waals surface area contributed by atoms with Gasteiger partial charge < -0.3 is 19.6 Å². The summed E-state index contributed by atoms with van der Waals surface area (Å²) < 4.78 is 8.03. The molecule has 0 saturated carbocycles. The van der Waals surface area contributed by atoms with E-state index in [0.717, 1.165) is 34.8 Å². The second kappa shape index (κ2) is 10.3. The minimum atomic E-state index is 0. The van der Waals surface area contributed by atoms with E-state index in [-0.39, 0.29) is 24.0 Å². The second-order valence-corrected chi connectivity index (χ2v) is 6.98. The van der Waals surface area contributed by atoms with Crippen molar-refractivity contribution in [2.45, 2.75) is 26.6 Å². The molecule has 0 saturated heterocycles. The molecule has 2 N–H and O–H groups in total. The molecule has 0 bridgehead atoms. The Hall–Kier alpha value is -2.81. The third-order valence-corrected chi connectivity index (χ3v) is 4.96. The lowest BCUT2D eigenvalue weighted by Crippen LogP contribution is -2.36. The summed E-state index contributed by atoms with van der Waals surface area (Å²) in [4.78, 5) is 8.42. The monoisotopic (exact) mass is 515 g/mol. The maximum absolute atomic E-state index is 5.97. The number of aromatic nitrogens is 2. The van der Waals surface area contributed by atoms with Crippen molar-refractivity contribution in [3.63, 3.8) is 0 Å². The van der Waals surface area contributed by atoms with Crippen LogP contribution in [0.1, 0.15) is 22.5 Å². The number of imidazole rings is 1. The number of aryl methyl sites for hydroxylation is 1. The van der Waals surface area contributed by atoms with Crippen molar-refractivity contribution in [3.05, 3.63) is 89.7 Å². The maximum atomic E-state index is 5.97. The van der Waals surface area contributed by atoms with E-state index in [1.165, 1.54) is 11.1 Å². The van der Waals surface area contributed by atoms with Crippen LogP contribution in [0.15, 0.2) is 76.7 Å². The Morgan fingerprint density at radius 3 is 2.63 bits per heavy atom. The Bertz CT molecular complexity index is 1120. The largest absolute Gasteiger partial charge is 0.459 e. The molecule has 30 heavy (non-hydrogen) atoms. The van der Waals surface area contributed by atoms with Crippen molar-refractivity contribution in [3.8, 4) is 0 Å². The summed E-state index contributed by atoms with van der Waals surface area (Å²) in [5, 5.41) is 7.87. The molecular formula is C23H26IN5O. The van der Waals surface area contributed by atoms with Gasteiger partial charge in [0.2, 0.25) is 0 Å². The van der Waals surface area contributed by atoms with Crippen LogP contribution in [0.2, 0.25) is 0 Å². The van der Waals surface area contributed by atoms with E-state index < -0.39 is 0 Å². The summed E-state index contributed by atoms with van der Waals surface area (Å²) in [6.45, 7) is 4.17. The first-order valence-electron chi connectivity index (χ1n) is 9.68. The number of aliphatic imine (C=N–C) groups is 1. The van der Waals surface area contributed by atoms with Gasteiger partial charge >= 0.3 is 0 Å². The zero-order chi connectivity index (χ0) is 20.1. The highest BCUT2D eigenvalue weighted by atomic mass is 127. The molecule has 7 heteroatoms. The van der Waals surface area contributed by atoms with E-state index in [2.05, 4.69) is 62.4 Å². The van der Waals surface area contributed by atoms with Crippen molar-refractivity contribution in [1.82, 2.24) is 20.2 Å². The van der Waals surface area contributed by atoms with Crippen LogP contribution in [-0.4, -0.2) is 22.6 Å². The molecule has 0 aliphatic heterocycles. The van der Waals surface area contributed by atoms with Crippen LogP contribution in [0.25, 0.3) is 11.0 Å². The topological polar surface area (TPSA) is 67.4 Å². The Morgan fingerprint density at radius 1 is 1.07 bits per heavy atom. The summed E-state index contributed by atoms with van der Waals surface area (Å²) in [5.74, 6) is 1.67. The van der Waals surface area contributed by atoms with Crippen molar-refractivity contribution >= 4 is 40.9 Å². The lowest BCUT2D eigenvalue weighted by Gasteiger charge is -2.12. The number of hydrogen-bond donors (Lipinski definition) is 2. The van der Waals surface area contributed by atoms with Gasteiger partial charge in [0.25, 0.3) is 0 Å². The van der Waals surface area contributed by atoms with E-state index >= 15 is 0 Å². The molecule has 2 heterocycles. The molecule has 4 rings (SSSR count). The van der Waals surface area contributed by atoms with Crippen LogP contribution in [0.5, 0.6) is 0 Å². The number of nitrogens with one attached hydrogen (secondary N) is 2. The Morgan fingerprint density at radius 2 is 1.87 bits per heavy atom. The molecule has 0 spiro atoms. The van der Waals surface area contributed by atoms with Gasteiger partial charge in [-0.3, -0.25) is 4.99 Å². The fourth-order valence-corrected chi connectivity index (χ4v) is 3.39. The van der Waals surface area contributed by atoms with Crippen molar-refractivity contribution in [2.24, 2.45) is 4.99 Å². The van der Waals surface area contributed by atoms with Gasteiger partial charge in [0.15, 0.2) is 5.96 Å². The lowest BCUT2D eigenvalue weighted by atomic mass is 10.1. The summed E-state index contributed by atoms with van der Waals surface area (Å²) in [6.07, 6.45) is 5.60. The zero-order valence-corrected chi connectivity index (χ0v) is 19.5. The van der Waals surface area contributed by atoms with E-state index in [0.29, 0.717) is 13.1 Å². The fraction of sp³-hybridized carbons (Fsp3) is 0.217. The Kier molecular flexibility index (Phi) is 7.51. The molecule has 0 unspecified atom stereocenters. The average Bonchev–Trinajstić information content (AvgIpc) is 3.37. The van der Waals surface area contributed by atoms with Crippen molar-refractivity contribution in [1.29, 1.82) is 0 Å². The molecule has 2 aromatic heterocycles. The van der Waals surface area contributed by atoms with Crippen LogP contribution >= 0.6 is 24.0 Å². The summed E-state index contributed by atoms with van der Waals surface area (Å²) in [5.41, 5.74) is 4.52. The molecule has 2 aromatic carbocycles. The Balaban J connectivity index is 0.00000256.